The number of quaternary nitrogens is 1. The van der Waals surface area contributed by atoms with E-state index in [0.717, 1.165) is 12.8 Å². The Morgan fingerprint density at radius 1 is 0.944 bits per heavy atom. The summed E-state index contributed by atoms with van der Waals surface area (Å²) in [4.78, 5) is 12.3. The maximum atomic E-state index is 12.3. The third-order valence-corrected chi connectivity index (χ3v) is 8.20. The molecule has 0 bridgehead atoms. The summed E-state index contributed by atoms with van der Waals surface area (Å²) in [7, 11) is 0. The van der Waals surface area contributed by atoms with Gasteiger partial charge in [-0.25, -0.2) is 0 Å². The van der Waals surface area contributed by atoms with Crippen LogP contribution in [0.25, 0.3) is 0 Å². The van der Waals surface area contributed by atoms with E-state index in [2.05, 4.69) is 0 Å². The lowest BCUT2D eigenvalue weighted by molar-refractivity contribution is -0.179. The maximum Gasteiger partial charge on any atom is 0.0622 e. The van der Waals surface area contributed by atoms with Crippen LogP contribution in [0, 0.1) is 0 Å². The first-order valence-corrected chi connectivity index (χ1v) is 11.0. The van der Waals surface area contributed by atoms with Gasteiger partial charge in [0.05, 0.1) is 6.10 Å². The molecular formula is C12H26NO2PS2. The highest BCUT2D eigenvalue weighted by Crippen LogP contribution is 2.58. The standard InChI is InChI=1S/C12H23O2PS2.H3N/c13-15(16,14-11-7-3-1-4-8-11)17-12-9-5-2-6-10-12;/h11-12H,1-10H2,(H,13,16);1H3. The average molecular weight is 311 g/mol. The minimum atomic E-state index is -2.83. The molecule has 108 valence electrons. The second-order valence-corrected chi connectivity index (χ2v) is 11.4. The lowest BCUT2D eigenvalue weighted by Crippen LogP contribution is -2.19. The molecule has 2 aliphatic rings. The molecule has 0 saturated heterocycles. The summed E-state index contributed by atoms with van der Waals surface area (Å²) < 4.78 is 5.71. The van der Waals surface area contributed by atoms with Crippen LogP contribution < -0.4 is 11.0 Å². The second-order valence-electron chi connectivity index (χ2n) is 5.18. The van der Waals surface area contributed by atoms with E-state index in [1.807, 2.05) is 0 Å². The smallest absolute Gasteiger partial charge is 0.0622 e. The van der Waals surface area contributed by atoms with Gasteiger partial charge in [0.15, 0.2) is 0 Å². The molecular weight excluding hydrogens is 285 g/mol. The lowest BCUT2D eigenvalue weighted by atomic mass is 9.98. The summed E-state index contributed by atoms with van der Waals surface area (Å²) in [5, 5.41) is 0.482. The van der Waals surface area contributed by atoms with Crippen molar-refractivity contribution < 1.29 is 9.42 Å². The van der Waals surface area contributed by atoms with Crippen LogP contribution in [0.3, 0.4) is 0 Å². The van der Waals surface area contributed by atoms with E-state index >= 15 is 0 Å². The predicted molar refractivity (Wildman–Crippen MR) is 82.7 cm³/mol. The van der Waals surface area contributed by atoms with Crippen molar-refractivity contribution in [2.24, 2.45) is 0 Å². The van der Waals surface area contributed by atoms with Crippen LogP contribution in [0.1, 0.15) is 64.2 Å². The van der Waals surface area contributed by atoms with Crippen LogP contribution in [-0.4, -0.2) is 11.4 Å². The molecule has 0 aromatic heterocycles. The molecule has 1 unspecified atom stereocenters. The van der Waals surface area contributed by atoms with Crippen molar-refractivity contribution in [3.8, 4) is 0 Å². The Hall–Kier alpha value is 0.880. The van der Waals surface area contributed by atoms with Gasteiger partial charge in [0.2, 0.25) is 0 Å². The number of hydrogen-bond acceptors (Lipinski definition) is 4. The van der Waals surface area contributed by atoms with Gasteiger partial charge in [0, 0.05) is 10.9 Å². The van der Waals surface area contributed by atoms with Gasteiger partial charge in [-0.05, 0) is 25.7 Å². The molecule has 2 rings (SSSR count). The Balaban J connectivity index is 0.00000162. The Bertz CT molecular complexity index is 255. The fourth-order valence-corrected chi connectivity index (χ4v) is 7.97. The molecule has 0 radical (unpaired) electrons. The molecule has 0 heterocycles. The Kier molecular flexibility index (Phi) is 7.74. The molecule has 0 aromatic rings. The molecule has 1 atom stereocenters. The molecule has 6 heteroatoms. The number of hydrogen-bond donors (Lipinski definition) is 1. The van der Waals surface area contributed by atoms with E-state index in [9.17, 15) is 4.89 Å². The highest BCUT2D eigenvalue weighted by atomic mass is 32.9. The van der Waals surface area contributed by atoms with Gasteiger partial charge < -0.3 is 15.6 Å². The van der Waals surface area contributed by atoms with Crippen LogP contribution in [-0.2, 0) is 16.3 Å². The molecule has 2 aliphatic carbocycles. The monoisotopic (exact) mass is 311 g/mol. The van der Waals surface area contributed by atoms with Gasteiger partial charge in [-0.3, -0.25) is 0 Å². The first-order valence-electron chi connectivity index (χ1n) is 6.83. The summed E-state index contributed by atoms with van der Waals surface area (Å²) in [5.41, 5.74) is -2.83. The fraction of sp³-hybridized carbons (Fsp3) is 1.00. The zero-order valence-electron chi connectivity index (χ0n) is 11.3. The molecule has 0 spiro atoms. The van der Waals surface area contributed by atoms with Crippen molar-refractivity contribution in [3.05, 3.63) is 0 Å². The fourth-order valence-electron chi connectivity index (χ4n) is 2.73. The van der Waals surface area contributed by atoms with E-state index < -0.39 is 5.69 Å². The maximum absolute atomic E-state index is 12.3. The molecule has 0 amide bonds. The normalized spacial score (nSPS) is 26.3. The first kappa shape index (κ1) is 16.9. The largest absolute Gasteiger partial charge is 0.793 e. The summed E-state index contributed by atoms with van der Waals surface area (Å²) in [6.07, 6.45) is 12.1. The van der Waals surface area contributed by atoms with Crippen molar-refractivity contribution in [2.75, 3.05) is 0 Å². The summed E-state index contributed by atoms with van der Waals surface area (Å²) in [5.74, 6) is 0. The third-order valence-electron chi connectivity index (χ3n) is 3.66. The molecule has 4 N–H and O–H groups in total. The predicted octanol–water partition coefficient (Wildman–Crippen LogP) is 4.36. The van der Waals surface area contributed by atoms with Gasteiger partial charge in [0.25, 0.3) is 0 Å². The van der Waals surface area contributed by atoms with Crippen molar-refractivity contribution in [1.82, 2.24) is 6.15 Å². The van der Waals surface area contributed by atoms with Crippen LogP contribution >= 0.6 is 17.1 Å². The average Bonchev–Trinajstić information content (AvgIpc) is 2.30. The van der Waals surface area contributed by atoms with Crippen LogP contribution in [0.4, 0.5) is 0 Å². The summed E-state index contributed by atoms with van der Waals surface area (Å²) in [6.45, 7) is 0. The SMILES string of the molecule is [NH4+].[O-]P(=S)(OC1CCCCC1)SC1CCCCC1. The summed E-state index contributed by atoms with van der Waals surface area (Å²) >= 11 is 6.67. The van der Waals surface area contributed by atoms with Crippen molar-refractivity contribution in [3.63, 3.8) is 0 Å². The lowest BCUT2D eigenvalue weighted by Gasteiger charge is -2.36. The van der Waals surface area contributed by atoms with Crippen molar-refractivity contribution >= 4 is 28.9 Å². The van der Waals surface area contributed by atoms with Gasteiger partial charge in [-0.1, -0.05) is 50.3 Å². The van der Waals surface area contributed by atoms with Crippen LogP contribution in [0.15, 0.2) is 0 Å². The second kappa shape index (κ2) is 8.23. The van der Waals surface area contributed by atoms with Gasteiger partial charge >= 0.3 is 0 Å². The zero-order valence-corrected chi connectivity index (χ0v) is 13.8. The van der Waals surface area contributed by atoms with Gasteiger partial charge in [-0.15, -0.1) is 11.4 Å². The van der Waals surface area contributed by atoms with Crippen LogP contribution in [0.5, 0.6) is 0 Å². The minimum absolute atomic E-state index is 0. The quantitative estimate of drug-likeness (QED) is 0.783. The Morgan fingerprint density at radius 3 is 2.00 bits per heavy atom. The summed E-state index contributed by atoms with van der Waals surface area (Å²) in [6, 6.07) is 0. The van der Waals surface area contributed by atoms with Gasteiger partial charge in [-0.2, -0.15) is 0 Å². The topological polar surface area (TPSA) is 68.8 Å². The van der Waals surface area contributed by atoms with Crippen molar-refractivity contribution in [2.45, 2.75) is 75.6 Å². The molecule has 18 heavy (non-hydrogen) atoms. The van der Waals surface area contributed by atoms with Crippen molar-refractivity contribution in [1.29, 1.82) is 0 Å². The molecule has 3 nitrogen and oxygen atoms in total. The zero-order chi connectivity index (χ0) is 12.1. The van der Waals surface area contributed by atoms with E-state index in [4.69, 9.17) is 16.3 Å². The highest BCUT2D eigenvalue weighted by Gasteiger charge is 2.22. The van der Waals surface area contributed by atoms with E-state index in [1.165, 1.54) is 62.7 Å². The Labute approximate surface area is 120 Å². The highest BCUT2D eigenvalue weighted by molar-refractivity contribution is 8.67. The number of rotatable bonds is 4. The van der Waals surface area contributed by atoms with E-state index in [-0.39, 0.29) is 12.3 Å². The Morgan fingerprint density at radius 2 is 1.44 bits per heavy atom. The molecule has 2 fully saturated rings. The molecule has 0 aliphatic heterocycles. The van der Waals surface area contributed by atoms with E-state index in [0.29, 0.717) is 5.25 Å². The third kappa shape index (κ3) is 5.89. The van der Waals surface area contributed by atoms with Crippen LogP contribution in [0.2, 0.25) is 0 Å². The molecule has 0 aromatic carbocycles. The minimum Gasteiger partial charge on any atom is -0.793 e. The molecule has 2 saturated carbocycles. The van der Waals surface area contributed by atoms with Gasteiger partial charge in [0.1, 0.15) is 0 Å². The van der Waals surface area contributed by atoms with E-state index in [1.54, 1.807) is 0 Å². The first-order chi connectivity index (χ1) is 8.16.